The highest BCUT2D eigenvalue weighted by atomic mass is 19.2. The van der Waals surface area contributed by atoms with Gasteiger partial charge in [-0.2, -0.15) is 4.98 Å². The molecule has 160 valence electrons. The molecule has 3 aromatic carbocycles. The van der Waals surface area contributed by atoms with Gasteiger partial charge in [0.15, 0.2) is 17.2 Å². The van der Waals surface area contributed by atoms with Crippen LogP contribution in [0.25, 0.3) is 22.0 Å². The molecule has 5 rings (SSSR count). The molecule has 0 amide bonds. The van der Waals surface area contributed by atoms with Crippen LogP contribution < -0.4 is 15.2 Å². The summed E-state index contributed by atoms with van der Waals surface area (Å²) >= 11 is 0. The van der Waals surface area contributed by atoms with Crippen molar-refractivity contribution < 1.29 is 17.9 Å². The molecule has 0 fully saturated rings. The molecular formula is C24H17F2N3O3. The summed E-state index contributed by atoms with van der Waals surface area (Å²) in [6.07, 6.45) is 0. The number of benzene rings is 3. The molecule has 2 heterocycles. The minimum atomic E-state index is -1.10. The van der Waals surface area contributed by atoms with Crippen LogP contribution in [0.15, 0.2) is 75.9 Å². The number of anilines is 2. The molecule has 8 heteroatoms. The number of nitrogens with zero attached hydrogens (tertiary/aromatic N) is 2. The van der Waals surface area contributed by atoms with E-state index in [0.717, 1.165) is 6.07 Å². The molecule has 0 aliphatic rings. The Morgan fingerprint density at radius 2 is 1.91 bits per heavy atom. The van der Waals surface area contributed by atoms with Crippen molar-refractivity contribution in [3.8, 4) is 5.75 Å². The Balaban J connectivity index is 1.69. The lowest BCUT2D eigenvalue weighted by atomic mass is 10.1. The first-order valence-corrected chi connectivity index (χ1v) is 9.80. The van der Waals surface area contributed by atoms with E-state index in [2.05, 4.69) is 9.97 Å². The Bertz CT molecular complexity index is 1480. The van der Waals surface area contributed by atoms with Crippen molar-refractivity contribution in [1.82, 2.24) is 9.97 Å². The predicted molar refractivity (Wildman–Crippen MR) is 117 cm³/mol. The topological polar surface area (TPSA) is 71.4 Å². The fraction of sp³-hybridized carbons (Fsp3) is 0.0833. The van der Waals surface area contributed by atoms with E-state index in [0.29, 0.717) is 33.5 Å². The van der Waals surface area contributed by atoms with Crippen LogP contribution in [0.2, 0.25) is 0 Å². The lowest BCUT2D eigenvalue weighted by Crippen LogP contribution is -2.19. The van der Waals surface area contributed by atoms with Crippen LogP contribution in [0.1, 0.15) is 5.56 Å². The van der Waals surface area contributed by atoms with Crippen molar-refractivity contribution in [1.29, 1.82) is 0 Å². The highest BCUT2D eigenvalue weighted by molar-refractivity contribution is 5.83. The third-order valence-corrected chi connectivity index (χ3v) is 5.20. The largest absolute Gasteiger partial charge is 0.497 e. The molecule has 2 aromatic heterocycles. The molecule has 0 aliphatic carbocycles. The standard InChI is InChI=1S/C24H17F2N3O3/c1-31-16-6-4-5-15(12-16)29(24-27-19-7-2-3-8-20(19)32-24)13-14-11-21(30)28-23-17(14)9-10-18(25)22(23)26/h2-12H,13H2,1H3,(H,28,30). The minimum Gasteiger partial charge on any atom is -0.497 e. The van der Waals surface area contributed by atoms with Crippen molar-refractivity contribution in [3.63, 3.8) is 0 Å². The summed E-state index contributed by atoms with van der Waals surface area (Å²) < 4.78 is 39.4. The number of methoxy groups -OCH3 is 1. The van der Waals surface area contributed by atoms with E-state index in [1.54, 1.807) is 30.2 Å². The van der Waals surface area contributed by atoms with Crippen molar-refractivity contribution in [2.45, 2.75) is 6.54 Å². The third-order valence-electron chi connectivity index (χ3n) is 5.20. The van der Waals surface area contributed by atoms with Crippen LogP contribution in [0.4, 0.5) is 20.5 Å². The molecule has 6 nitrogen and oxygen atoms in total. The van der Waals surface area contributed by atoms with Crippen LogP contribution in [0, 0.1) is 11.6 Å². The number of hydrogen-bond acceptors (Lipinski definition) is 5. The zero-order valence-electron chi connectivity index (χ0n) is 16.9. The van der Waals surface area contributed by atoms with Crippen LogP contribution in [0.5, 0.6) is 5.75 Å². The summed E-state index contributed by atoms with van der Waals surface area (Å²) in [5.74, 6) is -1.52. The Morgan fingerprint density at radius 1 is 1.06 bits per heavy atom. The highest BCUT2D eigenvalue weighted by Crippen LogP contribution is 2.33. The number of para-hydroxylation sites is 2. The third kappa shape index (κ3) is 3.45. The SMILES string of the molecule is COc1cccc(N(Cc2cc(=O)[nH]c3c(F)c(F)ccc23)c2nc3ccccc3o2)c1. The van der Waals surface area contributed by atoms with Crippen molar-refractivity contribution >= 4 is 33.7 Å². The maximum atomic E-state index is 14.4. The second-order valence-electron chi connectivity index (χ2n) is 7.19. The Hall–Kier alpha value is -4.20. The number of hydrogen-bond donors (Lipinski definition) is 1. The molecule has 0 spiro atoms. The van der Waals surface area contributed by atoms with E-state index in [1.807, 2.05) is 30.3 Å². The first kappa shape index (κ1) is 19.7. The van der Waals surface area contributed by atoms with Crippen LogP contribution in [-0.4, -0.2) is 17.1 Å². The van der Waals surface area contributed by atoms with E-state index in [4.69, 9.17) is 9.15 Å². The lowest BCUT2D eigenvalue weighted by Gasteiger charge is -2.22. The molecule has 0 aliphatic heterocycles. The van der Waals surface area contributed by atoms with Crippen LogP contribution in [0.3, 0.4) is 0 Å². The van der Waals surface area contributed by atoms with Gasteiger partial charge >= 0.3 is 6.01 Å². The average Bonchev–Trinajstić information content (AvgIpc) is 3.24. The number of oxazole rings is 1. The number of pyridine rings is 1. The average molecular weight is 433 g/mol. The molecule has 0 saturated carbocycles. The predicted octanol–water partition coefficient (Wildman–Crippen LogP) is 5.29. The van der Waals surface area contributed by atoms with Gasteiger partial charge in [-0.1, -0.05) is 18.2 Å². The van der Waals surface area contributed by atoms with Crippen LogP contribution in [-0.2, 0) is 6.54 Å². The number of aromatic nitrogens is 2. The Kier molecular flexibility index (Phi) is 4.82. The molecule has 0 unspecified atom stereocenters. The van der Waals surface area contributed by atoms with Crippen molar-refractivity contribution in [2.75, 3.05) is 12.0 Å². The second kappa shape index (κ2) is 7.81. The van der Waals surface area contributed by atoms with Gasteiger partial charge in [0.05, 0.1) is 19.2 Å². The summed E-state index contributed by atoms with van der Waals surface area (Å²) in [6, 6.07) is 18.7. The number of nitrogens with one attached hydrogen (secondary N) is 1. The molecule has 5 aromatic rings. The van der Waals surface area contributed by atoms with Crippen molar-refractivity contribution in [2.24, 2.45) is 0 Å². The molecule has 0 radical (unpaired) electrons. The Morgan fingerprint density at radius 3 is 2.72 bits per heavy atom. The van der Waals surface area contributed by atoms with E-state index in [1.165, 1.54) is 12.1 Å². The summed E-state index contributed by atoms with van der Waals surface area (Å²) in [7, 11) is 1.56. The first-order valence-electron chi connectivity index (χ1n) is 9.80. The normalized spacial score (nSPS) is 11.2. The summed E-state index contributed by atoms with van der Waals surface area (Å²) in [5, 5.41) is 0.382. The minimum absolute atomic E-state index is 0.117. The lowest BCUT2D eigenvalue weighted by molar-refractivity contribution is 0.415. The van der Waals surface area contributed by atoms with Gasteiger partial charge in [-0.05, 0) is 42.0 Å². The zero-order valence-corrected chi connectivity index (χ0v) is 16.9. The van der Waals surface area contributed by atoms with Gasteiger partial charge in [0, 0.05) is 23.2 Å². The van der Waals surface area contributed by atoms with E-state index < -0.39 is 17.2 Å². The Labute approximate surface area is 180 Å². The van der Waals surface area contributed by atoms with Gasteiger partial charge in [0.1, 0.15) is 11.3 Å². The van der Waals surface area contributed by atoms with Gasteiger partial charge in [-0.25, -0.2) is 8.78 Å². The monoisotopic (exact) mass is 433 g/mol. The first-order chi connectivity index (χ1) is 15.5. The summed E-state index contributed by atoms with van der Waals surface area (Å²) in [5.41, 5.74) is 1.70. The van der Waals surface area contributed by atoms with E-state index in [9.17, 15) is 13.6 Å². The molecule has 32 heavy (non-hydrogen) atoms. The number of rotatable bonds is 5. The van der Waals surface area contributed by atoms with E-state index >= 15 is 0 Å². The molecule has 0 atom stereocenters. The van der Waals surface area contributed by atoms with Gasteiger partial charge in [-0.15, -0.1) is 0 Å². The number of ether oxygens (including phenoxy) is 1. The van der Waals surface area contributed by atoms with Gasteiger partial charge in [0.25, 0.3) is 0 Å². The smallest absolute Gasteiger partial charge is 0.303 e. The molecule has 0 saturated heterocycles. The van der Waals surface area contributed by atoms with Gasteiger partial charge < -0.3 is 14.1 Å². The molecule has 0 bridgehead atoms. The van der Waals surface area contributed by atoms with Crippen LogP contribution >= 0.6 is 0 Å². The second-order valence-corrected chi connectivity index (χ2v) is 7.19. The van der Waals surface area contributed by atoms with Gasteiger partial charge in [0.2, 0.25) is 5.56 Å². The van der Waals surface area contributed by atoms with Gasteiger partial charge in [-0.3, -0.25) is 9.69 Å². The van der Waals surface area contributed by atoms with Crippen molar-refractivity contribution in [3.05, 3.63) is 94.3 Å². The number of H-pyrrole nitrogens is 1. The fourth-order valence-electron chi connectivity index (χ4n) is 3.66. The maximum absolute atomic E-state index is 14.4. The highest BCUT2D eigenvalue weighted by Gasteiger charge is 2.20. The quantitative estimate of drug-likeness (QED) is 0.408. The fourth-order valence-corrected chi connectivity index (χ4v) is 3.66. The molecule has 1 N–H and O–H groups in total. The summed E-state index contributed by atoms with van der Waals surface area (Å²) in [4.78, 5) is 20.9. The maximum Gasteiger partial charge on any atom is 0.303 e. The van der Waals surface area contributed by atoms with E-state index in [-0.39, 0.29) is 18.1 Å². The number of fused-ring (bicyclic) bond motifs is 2. The zero-order chi connectivity index (χ0) is 22.2. The summed E-state index contributed by atoms with van der Waals surface area (Å²) in [6.45, 7) is 0.117. The number of halogens is 2. The number of aromatic amines is 1. The molecular weight excluding hydrogens is 416 g/mol.